The Kier molecular flexibility index (Phi) is 3.12. The van der Waals surface area contributed by atoms with Crippen LogP contribution in [0.3, 0.4) is 0 Å². The zero-order valence-corrected chi connectivity index (χ0v) is 11.7. The molecule has 0 saturated heterocycles. The predicted molar refractivity (Wildman–Crippen MR) is 76.8 cm³/mol. The average molecular weight is 256 g/mol. The maximum absolute atomic E-state index is 4.83. The molecule has 2 heterocycles. The summed E-state index contributed by atoms with van der Waals surface area (Å²) in [5.74, 6) is 1.06. The molecule has 1 aromatic carbocycles. The first kappa shape index (κ1) is 12.4. The first-order chi connectivity index (χ1) is 9.18. The highest BCUT2D eigenvalue weighted by atomic mass is 15.2. The molecule has 1 aliphatic heterocycles. The lowest BCUT2D eigenvalue weighted by molar-refractivity contribution is 0.265. The Labute approximate surface area is 114 Å². The van der Waals surface area contributed by atoms with E-state index in [1.165, 1.54) is 17.0 Å². The van der Waals surface area contributed by atoms with Gasteiger partial charge in [-0.15, -0.1) is 0 Å². The topological polar surface area (TPSA) is 33.1 Å². The smallest absolute Gasteiger partial charge is 0.140 e. The largest absolute Gasteiger partial charge is 0.329 e. The lowest BCUT2D eigenvalue weighted by Crippen LogP contribution is -2.37. The van der Waals surface area contributed by atoms with Crippen molar-refractivity contribution in [2.75, 3.05) is 20.6 Å². The van der Waals surface area contributed by atoms with E-state index in [-0.39, 0.29) is 0 Å². The summed E-state index contributed by atoms with van der Waals surface area (Å²) in [4.78, 5) is 7.08. The van der Waals surface area contributed by atoms with Crippen molar-refractivity contribution in [2.45, 2.75) is 12.6 Å². The van der Waals surface area contributed by atoms with E-state index < -0.39 is 0 Å². The van der Waals surface area contributed by atoms with Crippen LogP contribution < -0.4 is 5.32 Å². The monoisotopic (exact) mass is 256 g/mol. The van der Waals surface area contributed by atoms with E-state index in [4.69, 9.17) is 4.98 Å². The fourth-order valence-corrected chi connectivity index (χ4v) is 2.81. The maximum atomic E-state index is 4.83. The van der Waals surface area contributed by atoms with Gasteiger partial charge in [-0.25, -0.2) is 4.98 Å². The molecule has 1 unspecified atom stereocenters. The Morgan fingerprint density at radius 3 is 2.68 bits per heavy atom. The summed E-state index contributed by atoms with van der Waals surface area (Å²) in [6, 6.07) is 10.8. The second-order valence-electron chi connectivity index (χ2n) is 5.30. The minimum atomic E-state index is 0.388. The van der Waals surface area contributed by atoms with Crippen LogP contribution in [0.4, 0.5) is 0 Å². The lowest BCUT2D eigenvalue weighted by atomic mass is 10.1. The summed E-state index contributed by atoms with van der Waals surface area (Å²) < 4.78 is 2.25. The number of hydrogen-bond acceptors (Lipinski definition) is 3. The molecule has 19 heavy (non-hydrogen) atoms. The second-order valence-corrected chi connectivity index (χ2v) is 5.30. The molecule has 1 N–H and O–H groups in total. The summed E-state index contributed by atoms with van der Waals surface area (Å²) in [6.07, 6.45) is 0. The molecule has 0 fully saturated rings. The van der Waals surface area contributed by atoms with Crippen LogP contribution >= 0.6 is 0 Å². The molecular formula is C15H20N4. The predicted octanol–water partition coefficient (Wildman–Crippen LogP) is 1.79. The summed E-state index contributed by atoms with van der Waals surface area (Å²) in [7, 11) is 6.36. The number of benzene rings is 1. The third-order valence-electron chi connectivity index (χ3n) is 3.82. The Bertz CT molecular complexity index is 571. The van der Waals surface area contributed by atoms with E-state index in [9.17, 15) is 0 Å². The van der Waals surface area contributed by atoms with Crippen molar-refractivity contribution in [2.24, 2.45) is 7.05 Å². The van der Waals surface area contributed by atoms with Crippen LogP contribution in [0.2, 0.25) is 0 Å². The van der Waals surface area contributed by atoms with Crippen molar-refractivity contribution < 1.29 is 0 Å². The summed E-state index contributed by atoms with van der Waals surface area (Å²) in [5, 5.41) is 3.45. The highest BCUT2D eigenvalue weighted by molar-refractivity contribution is 5.57. The first-order valence-electron chi connectivity index (χ1n) is 6.66. The van der Waals surface area contributed by atoms with Crippen LogP contribution in [0.5, 0.6) is 0 Å². The van der Waals surface area contributed by atoms with Crippen molar-refractivity contribution in [1.82, 2.24) is 19.8 Å². The molecule has 4 nitrogen and oxygen atoms in total. The van der Waals surface area contributed by atoms with E-state index in [2.05, 4.69) is 60.2 Å². The van der Waals surface area contributed by atoms with Gasteiger partial charge in [-0.2, -0.15) is 0 Å². The van der Waals surface area contributed by atoms with Crippen molar-refractivity contribution in [1.29, 1.82) is 0 Å². The molecule has 1 aromatic heterocycles. The molecule has 0 saturated carbocycles. The number of nitrogens with one attached hydrogen (secondary N) is 1. The highest BCUT2D eigenvalue weighted by Crippen LogP contribution is 2.29. The van der Waals surface area contributed by atoms with Gasteiger partial charge in [-0.3, -0.25) is 4.90 Å². The van der Waals surface area contributed by atoms with Crippen LogP contribution in [0.15, 0.2) is 30.3 Å². The van der Waals surface area contributed by atoms with Gasteiger partial charge in [0.1, 0.15) is 5.82 Å². The van der Waals surface area contributed by atoms with Crippen LogP contribution in [-0.4, -0.2) is 35.1 Å². The molecule has 1 atom stereocenters. The fourth-order valence-electron chi connectivity index (χ4n) is 2.81. The van der Waals surface area contributed by atoms with Crippen LogP contribution in [0.25, 0.3) is 11.4 Å². The van der Waals surface area contributed by atoms with Gasteiger partial charge in [-0.1, -0.05) is 30.3 Å². The lowest BCUT2D eigenvalue weighted by Gasteiger charge is -2.29. The van der Waals surface area contributed by atoms with Gasteiger partial charge in [0, 0.05) is 25.7 Å². The molecule has 0 radical (unpaired) electrons. The molecule has 0 spiro atoms. The average Bonchev–Trinajstić information content (AvgIpc) is 2.77. The van der Waals surface area contributed by atoms with Crippen molar-refractivity contribution >= 4 is 0 Å². The molecule has 2 aromatic rings. The van der Waals surface area contributed by atoms with Crippen molar-refractivity contribution in [3.05, 3.63) is 41.7 Å². The van der Waals surface area contributed by atoms with E-state index in [0.717, 1.165) is 18.9 Å². The van der Waals surface area contributed by atoms with E-state index in [0.29, 0.717) is 6.04 Å². The van der Waals surface area contributed by atoms with Gasteiger partial charge < -0.3 is 9.88 Å². The minimum Gasteiger partial charge on any atom is -0.329 e. The van der Waals surface area contributed by atoms with Gasteiger partial charge in [0.15, 0.2) is 0 Å². The highest BCUT2D eigenvalue weighted by Gasteiger charge is 2.27. The summed E-state index contributed by atoms with van der Waals surface area (Å²) in [6.45, 7) is 1.84. The third-order valence-corrected chi connectivity index (χ3v) is 3.82. The van der Waals surface area contributed by atoms with E-state index in [1.54, 1.807) is 0 Å². The molecule has 0 aliphatic carbocycles. The standard InChI is InChI=1S/C15H20N4/c1-18(2)13-10-16-9-12-14(13)19(3)15(17-12)11-7-5-4-6-8-11/h4-8,13,16H,9-10H2,1-3H3. The number of aromatic nitrogens is 2. The summed E-state index contributed by atoms with van der Waals surface area (Å²) >= 11 is 0. The SMILES string of the molecule is CN(C)C1CNCc2nc(-c3ccccc3)n(C)c21. The quantitative estimate of drug-likeness (QED) is 0.889. The number of likely N-dealkylation sites (N-methyl/N-ethyl adjacent to an activating group) is 1. The number of rotatable bonds is 2. The Morgan fingerprint density at radius 2 is 2.00 bits per heavy atom. The second kappa shape index (κ2) is 4.79. The number of fused-ring (bicyclic) bond motifs is 1. The van der Waals surface area contributed by atoms with E-state index in [1.807, 2.05) is 6.07 Å². The van der Waals surface area contributed by atoms with Gasteiger partial charge in [0.2, 0.25) is 0 Å². The number of imidazole rings is 1. The first-order valence-corrected chi connectivity index (χ1v) is 6.66. The number of hydrogen-bond donors (Lipinski definition) is 1. The number of nitrogens with zero attached hydrogens (tertiary/aromatic N) is 3. The van der Waals surface area contributed by atoms with Crippen LogP contribution in [0.1, 0.15) is 17.4 Å². The third kappa shape index (κ3) is 2.07. The molecule has 0 amide bonds. The van der Waals surface area contributed by atoms with Gasteiger partial charge in [0.05, 0.1) is 17.4 Å². The normalized spacial score (nSPS) is 18.6. The molecule has 4 heteroatoms. The molecule has 0 bridgehead atoms. The fraction of sp³-hybridized carbons (Fsp3) is 0.400. The molecule has 1 aliphatic rings. The zero-order chi connectivity index (χ0) is 13.4. The maximum Gasteiger partial charge on any atom is 0.140 e. The van der Waals surface area contributed by atoms with Crippen molar-refractivity contribution in [3.8, 4) is 11.4 Å². The molecule has 100 valence electrons. The van der Waals surface area contributed by atoms with Crippen LogP contribution in [0, 0.1) is 0 Å². The minimum absolute atomic E-state index is 0.388. The van der Waals surface area contributed by atoms with Crippen molar-refractivity contribution in [3.63, 3.8) is 0 Å². The van der Waals surface area contributed by atoms with Gasteiger partial charge in [-0.05, 0) is 14.1 Å². The summed E-state index contributed by atoms with van der Waals surface area (Å²) in [5.41, 5.74) is 3.69. The Balaban J connectivity index is 2.11. The Hall–Kier alpha value is -1.65. The molecular weight excluding hydrogens is 236 g/mol. The van der Waals surface area contributed by atoms with Crippen LogP contribution in [-0.2, 0) is 13.6 Å². The van der Waals surface area contributed by atoms with Gasteiger partial charge >= 0.3 is 0 Å². The Morgan fingerprint density at radius 1 is 1.26 bits per heavy atom. The van der Waals surface area contributed by atoms with Gasteiger partial charge in [0.25, 0.3) is 0 Å². The van der Waals surface area contributed by atoms with E-state index >= 15 is 0 Å². The molecule has 3 rings (SSSR count). The zero-order valence-electron chi connectivity index (χ0n) is 11.7.